The number of nitrogens with two attached hydrogens (primary N) is 1. The lowest BCUT2D eigenvalue weighted by Gasteiger charge is -2.26. The molecule has 3 N–H and O–H groups in total. The third-order valence-corrected chi connectivity index (χ3v) is 2.57. The van der Waals surface area contributed by atoms with Gasteiger partial charge >= 0.3 is 5.97 Å². The Kier molecular flexibility index (Phi) is 4.46. The maximum absolute atomic E-state index is 11.7. The molecule has 4 heteroatoms. The van der Waals surface area contributed by atoms with Crippen molar-refractivity contribution in [3.05, 3.63) is 35.9 Å². The minimum absolute atomic E-state index is 0.00276. The molecule has 0 fully saturated rings. The van der Waals surface area contributed by atoms with E-state index in [1.54, 1.807) is 12.1 Å². The number of esters is 1. The fourth-order valence-corrected chi connectivity index (χ4v) is 1.64. The zero-order valence-corrected chi connectivity index (χ0v) is 9.35. The Morgan fingerprint density at radius 1 is 1.44 bits per heavy atom. The molecule has 0 radical (unpaired) electrons. The first-order valence-corrected chi connectivity index (χ1v) is 5.19. The van der Waals surface area contributed by atoms with Gasteiger partial charge in [0.15, 0.2) is 0 Å². The number of methoxy groups -OCH3 is 1. The number of aliphatic hydroxyl groups excluding tert-OH is 1. The Labute approximate surface area is 95.0 Å². The highest BCUT2D eigenvalue weighted by Crippen LogP contribution is 2.24. The molecule has 1 aromatic rings. The average molecular weight is 223 g/mol. The van der Waals surface area contributed by atoms with Gasteiger partial charge in [-0.3, -0.25) is 0 Å². The summed E-state index contributed by atoms with van der Waals surface area (Å²) in [5, 5.41) is 8.82. The number of carbonyl (C=O) groups is 1. The molecule has 0 aliphatic rings. The number of hydrogen-bond donors (Lipinski definition) is 2. The lowest BCUT2D eigenvalue weighted by atomic mass is 9.86. The predicted molar refractivity (Wildman–Crippen MR) is 60.6 cm³/mol. The van der Waals surface area contributed by atoms with E-state index in [1.807, 2.05) is 18.2 Å². The third kappa shape index (κ3) is 2.59. The van der Waals surface area contributed by atoms with Crippen LogP contribution in [0.3, 0.4) is 0 Å². The largest absolute Gasteiger partial charge is 0.467 e. The van der Waals surface area contributed by atoms with Crippen molar-refractivity contribution < 1.29 is 14.6 Å². The Bertz CT molecular complexity index is 339. The van der Waals surface area contributed by atoms with Gasteiger partial charge in [-0.05, 0) is 18.4 Å². The number of ether oxygens (including phenoxy) is 1. The van der Waals surface area contributed by atoms with Gasteiger partial charge in [-0.25, -0.2) is 4.79 Å². The van der Waals surface area contributed by atoms with Gasteiger partial charge in [-0.1, -0.05) is 30.3 Å². The highest BCUT2D eigenvalue weighted by molar-refractivity contribution is 5.82. The summed E-state index contributed by atoms with van der Waals surface area (Å²) in [5.74, 6) is -0.479. The van der Waals surface area contributed by atoms with Crippen molar-refractivity contribution >= 4 is 5.97 Å². The zero-order valence-electron chi connectivity index (χ0n) is 9.35. The van der Waals surface area contributed by atoms with Crippen LogP contribution in [0.1, 0.15) is 18.4 Å². The summed E-state index contributed by atoms with van der Waals surface area (Å²) in [4.78, 5) is 11.7. The van der Waals surface area contributed by atoms with E-state index in [9.17, 15) is 4.79 Å². The van der Waals surface area contributed by atoms with E-state index in [4.69, 9.17) is 15.6 Å². The van der Waals surface area contributed by atoms with Gasteiger partial charge < -0.3 is 15.6 Å². The summed E-state index contributed by atoms with van der Waals surface area (Å²) in [5.41, 5.74) is 5.61. The summed E-state index contributed by atoms with van der Waals surface area (Å²) in [6.45, 7) is 0.00276. The number of hydrogen-bond acceptors (Lipinski definition) is 4. The molecule has 4 nitrogen and oxygen atoms in total. The normalized spacial score (nSPS) is 14.2. The fourth-order valence-electron chi connectivity index (χ4n) is 1.64. The standard InChI is InChI=1S/C12H17NO3/c1-16-11(15)12(13,8-5-9-14)10-6-3-2-4-7-10/h2-4,6-7,14H,5,8-9,13H2,1H3. The van der Waals surface area contributed by atoms with Gasteiger partial charge in [0.25, 0.3) is 0 Å². The molecule has 1 atom stereocenters. The molecule has 0 amide bonds. The van der Waals surface area contributed by atoms with E-state index in [0.29, 0.717) is 18.4 Å². The van der Waals surface area contributed by atoms with Crippen molar-refractivity contribution in [2.45, 2.75) is 18.4 Å². The smallest absolute Gasteiger partial charge is 0.330 e. The predicted octanol–water partition coefficient (Wildman–Crippen LogP) is 0.786. The van der Waals surface area contributed by atoms with Gasteiger partial charge in [0, 0.05) is 6.61 Å². The van der Waals surface area contributed by atoms with Crippen LogP contribution in [-0.2, 0) is 15.1 Å². The summed E-state index contributed by atoms with van der Waals surface area (Å²) >= 11 is 0. The van der Waals surface area contributed by atoms with Crippen LogP contribution in [0.5, 0.6) is 0 Å². The van der Waals surface area contributed by atoms with Crippen LogP contribution in [0.2, 0.25) is 0 Å². The quantitative estimate of drug-likeness (QED) is 0.724. The second-order valence-electron chi connectivity index (χ2n) is 3.66. The van der Waals surface area contributed by atoms with Crippen LogP contribution < -0.4 is 5.73 Å². The van der Waals surface area contributed by atoms with Crippen molar-refractivity contribution in [2.75, 3.05) is 13.7 Å². The maximum Gasteiger partial charge on any atom is 0.330 e. The molecule has 0 saturated heterocycles. The van der Waals surface area contributed by atoms with Crippen LogP contribution in [0.4, 0.5) is 0 Å². The molecule has 0 aliphatic carbocycles. The van der Waals surface area contributed by atoms with Crippen molar-refractivity contribution in [1.29, 1.82) is 0 Å². The zero-order chi connectivity index (χ0) is 12.0. The molecule has 0 heterocycles. The highest BCUT2D eigenvalue weighted by atomic mass is 16.5. The molecule has 1 aromatic carbocycles. The first kappa shape index (κ1) is 12.7. The molecule has 0 aromatic heterocycles. The molecule has 0 bridgehead atoms. The van der Waals surface area contributed by atoms with Gasteiger partial charge in [0.05, 0.1) is 7.11 Å². The van der Waals surface area contributed by atoms with Gasteiger partial charge in [-0.2, -0.15) is 0 Å². The van der Waals surface area contributed by atoms with Crippen molar-refractivity contribution in [1.82, 2.24) is 0 Å². The van der Waals surface area contributed by atoms with E-state index in [1.165, 1.54) is 7.11 Å². The molecular formula is C12H17NO3. The first-order chi connectivity index (χ1) is 7.65. The molecule has 1 rings (SSSR count). The van der Waals surface area contributed by atoms with Gasteiger partial charge in [0.2, 0.25) is 0 Å². The number of benzene rings is 1. The van der Waals surface area contributed by atoms with E-state index < -0.39 is 11.5 Å². The highest BCUT2D eigenvalue weighted by Gasteiger charge is 2.36. The molecule has 0 aliphatic heterocycles. The summed E-state index contributed by atoms with van der Waals surface area (Å²) in [6.07, 6.45) is 0.820. The lowest BCUT2D eigenvalue weighted by molar-refractivity contribution is -0.147. The fraction of sp³-hybridized carbons (Fsp3) is 0.417. The molecule has 0 spiro atoms. The Morgan fingerprint density at radius 3 is 2.56 bits per heavy atom. The Morgan fingerprint density at radius 2 is 2.06 bits per heavy atom. The van der Waals surface area contributed by atoms with Gasteiger partial charge in [-0.15, -0.1) is 0 Å². The van der Waals surface area contributed by atoms with Gasteiger partial charge in [0.1, 0.15) is 5.54 Å². The van der Waals surface area contributed by atoms with Crippen molar-refractivity contribution in [3.63, 3.8) is 0 Å². The van der Waals surface area contributed by atoms with Crippen LogP contribution in [0, 0.1) is 0 Å². The second kappa shape index (κ2) is 5.63. The monoisotopic (exact) mass is 223 g/mol. The van der Waals surface area contributed by atoms with Crippen LogP contribution in [0.25, 0.3) is 0 Å². The SMILES string of the molecule is COC(=O)C(N)(CCCO)c1ccccc1. The molecule has 1 unspecified atom stereocenters. The van der Waals surface area contributed by atoms with E-state index in [0.717, 1.165) is 0 Å². The number of carbonyl (C=O) groups excluding carboxylic acids is 1. The minimum Gasteiger partial charge on any atom is -0.467 e. The first-order valence-electron chi connectivity index (χ1n) is 5.19. The van der Waals surface area contributed by atoms with Crippen LogP contribution >= 0.6 is 0 Å². The van der Waals surface area contributed by atoms with Crippen LogP contribution in [-0.4, -0.2) is 24.8 Å². The summed E-state index contributed by atoms with van der Waals surface area (Å²) < 4.78 is 4.72. The Balaban J connectivity index is 2.99. The summed E-state index contributed by atoms with van der Waals surface area (Å²) in [6, 6.07) is 9.06. The lowest BCUT2D eigenvalue weighted by Crippen LogP contribution is -2.45. The molecular weight excluding hydrogens is 206 g/mol. The Hall–Kier alpha value is -1.39. The van der Waals surface area contributed by atoms with Crippen molar-refractivity contribution in [2.24, 2.45) is 5.73 Å². The number of aliphatic hydroxyl groups is 1. The van der Waals surface area contributed by atoms with Crippen molar-refractivity contribution in [3.8, 4) is 0 Å². The molecule has 88 valence electrons. The average Bonchev–Trinajstić information content (AvgIpc) is 2.36. The number of rotatable bonds is 5. The van der Waals surface area contributed by atoms with E-state index in [-0.39, 0.29) is 6.61 Å². The summed E-state index contributed by atoms with van der Waals surface area (Å²) in [7, 11) is 1.31. The van der Waals surface area contributed by atoms with E-state index in [2.05, 4.69) is 0 Å². The second-order valence-corrected chi connectivity index (χ2v) is 3.66. The maximum atomic E-state index is 11.7. The molecule has 0 saturated carbocycles. The topological polar surface area (TPSA) is 72.5 Å². The third-order valence-electron chi connectivity index (χ3n) is 2.57. The van der Waals surface area contributed by atoms with E-state index >= 15 is 0 Å². The molecule has 16 heavy (non-hydrogen) atoms. The van der Waals surface area contributed by atoms with Crippen LogP contribution in [0.15, 0.2) is 30.3 Å². The minimum atomic E-state index is -1.17.